The summed E-state index contributed by atoms with van der Waals surface area (Å²) in [7, 11) is 0. The van der Waals surface area contributed by atoms with Gasteiger partial charge in [-0.1, -0.05) is 24.6 Å². The molecule has 1 heterocycles. The summed E-state index contributed by atoms with van der Waals surface area (Å²) in [6.07, 6.45) is 7.72. The van der Waals surface area contributed by atoms with Gasteiger partial charge in [-0.3, -0.25) is 9.59 Å². The minimum atomic E-state index is -0.219. The lowest BCUT2D eigenvalue weighted by Gasteiger charge is -2.34. The van der Waals surface area contributed by atoms with Crippen LogP contribution in [0.1, 0.15) is 50.5 Å². The number of carbonyl (C=O) groups excluding carboxylic acids is 2. The highest BCUT2D eigenvalue weighted by Crippen LogP contribution is 2.66. The van der Waals surface area contributed by atoms with Crippen molar-refractivity contribution in [3.8, 4) is 0 Å². The van der Waals surface area contributed by atoms with Crippen LogP contribution in [-0.4, -0.2) is 36.3 Å². The van der Waals surface area contributed by atoms with Crippen molar-refractivity contribution in [1.82, 2.24) is 10.2 Å². The number of piperidine rings is 1. The third-order valence-electron chi connectivity index (χ3n) is 6.91. The van der Waals surface area contributed by atoms with Gasteiger partial charge in [0.05, 0.1) is 0 Å². The number of hydrogen-bond acceptors (Lipinski definition) is 2. The van der Waals surface area contributed by atoms with Crippen molar-refractivity contribution in [2.24, 2.45) is 17.3 Å². The van der Waals surface area contributed by atoms with Crippen LogP contribution in [0, 0.1) is 23.1 Å². The zero-order valence-corrected chi connectivity index (χ0v) is 15.9. The molecule has 2 amide bonds. The van der Waals surface area contributed by atoms with Crippen molar-refractivity contribution in [1.29, 1.82) is 0 Å². The Hall–Kier alpha value is -1.91. The number of likely N-dealkylation sites (tertiary alicyclic amines) is 1. The summed E-state index contributed by atoms with van der Waals surface area (Å²) in [5, 5.41) is 2.91. The van der Waals surface area contributed by atoms with E-state index in [1.807, 2.05) is 11.0 Å². The maximum atomic E-state index is 13.6. The first-order valence-corrected chi connectivity index (χ1v) is 10.4. The molecular weight excluding hydrogens is 343 g/mol. The van der Waals surface area contributed by atoms with Gasteiger partial charge in [-0.15, -0.1) is 0 Å². The van der Waals surface area contributed by atoms with E-state index < -0.39 is 0 Å². The van der Waals surface area contributed by atoms with Crippen LogP contribution in [-0.2, 0) is 16.0 Å². The Morgan fingerprint density at radius 2 is 1.93 bits per heavy atom. The molecule has 1 saturated heterocycles. The van der Waals surface area contributed by atoms with Gasteiger partial charge in [0.1, 0.15) is 5.82 Å². The van der Waals surface area contributed by atoms with Gasteiger partial charge >= 0.3 is 0 Å². The number of hydrogen-bond donors (Lipinski definition) is 1. The number of rotatable bonds is 6. The van der Waals surface area contributed by atoms with E-state index in [0.717, 1.165) is 32.4 Å². The first-order chi connectivity index (χ1) is 13.1. The minimum absolute atomic E-state index is 0.0340. The fraction of sp³-hybridized carbons (Fsp3) is 0.636. The Bertz CT molecular complexity index is 708. The molecule has 1 spiro atoms. The van der Waals surface area contributed by atoms with Crippen LogP contribution in [0.15, 0.2) is 24.3 Å². The van der Waals surface area contributed by atoms with Crippen molar-refractivity contribution in [2.45, 2.75) is 51.4 Å². The van der Waals surface area contributed by atoms with Crippen LogP contribution in [0.2, 0.25) is 0 Å². The molecule has 27 heavy (non-hydrogen) atoms. The number of nitrogens with one attached hydrogen (secondary N) is 1. The van der Waals surface area contributed by atoms with Crippen LogP contribution in [0.5, 0.6) is 0 Å². The first kappa shape index (κ1) is 18.5. The van der Waals surface area contributed by atoms with Gasteiger partial charge in [0.2, 0.25) is 11.8 Å². The molecule has 4 rings (SSSR count). The lowest BCUT2D eigenvalue weighted by molar-refractivity contribution is -0.135. The van der Waals surface area contributed by atoms with E-state index >= 15 is 0 Å². The molecule has 1 atom stereocenters. The van der Waals surface area contributed by atoms with Gasteiger partial charge < -0.3 is 10.2 Å². The molecule has 146 valence electrons. The fourth-order valence-corrected chi connectivity index (χ4v) is 4.83. The summed E-state index contributed by atoms with van der Waals surface area (Å²) >= 11 is 0. The molecule has 0 aromatic heterocycles. The molecule has 2 aliphatic carbocycles. The maximum Gasteiger partial charge on any atom is 0.226 e. The van der Waals surface area contributed by atoms with Crippen molar-refractivity contribution in [3.63, 3.8) is 0 Å². The third-order valence-corrected chi connectivity index (χ3v) is 6.91. The van der Waals surface area contributed by atoms with E-state index in [2.05, 4.69) is 5.32 Å². The molecule has 4 nitrogen and oxygen atoms in total. The van der Waals surface area contributed by atoms with E-state index in [-0.39, 0.29) is 11.7 Å². The quantitative estimate of drug-likeness (QED) is 0.833. The van der Waals surface area contributed by atoms with Gasteiger partial charge in [-0.25, -0.2) is 4.39 Å². The van der Waals surface area contributed by atoms with Crippen LogP contribution in [0.4, 0.5) is 4.39 Å². The zero-order chi connectivity index (χ0) is 18.9. The summed E-state index contributed by atoms with van der Waals surface area (Å²) in [6.45, 7) is 2.04. The monoisotopic (exact) mass is 372 g/mol. The average molecular weight is 372 g/mol. The predicted octanol–water partition coefficient (Wildman–Crippen LogP) is 3.30. The van der Waals surface area contributed by atoms with Crippen LogP contribution < -0.4 is 5.32 Å². The Balaban J connectivity index is 1.14. The van der Waals surface area contributed by atoms with Crippen molar-refractivity contribution >= 4 is 11.8 Å². The van der Waals surface area contributed by atoms with Gasteiger partial charge in [0.15, 0.2) is 0 Å². The summed E-state index contributed by atoms with van der Waals surface area (Å²) in [4.78, 5) is 26.8. The fourth-order valence-electron chi connectivity index (χ4n) is 4.83. The summed E-state index contributed by atoms with van der Waals surface area (Å²) in [5.41, 5.74) is 1.03. The second-order valence-electron chi connectivity index (χ2n) is 8.64. The third kappa shape index (κ3) is 4.02. The van der Waals surface area contributed by atoms with Crippen LogP contribution >= 0.6 is 0 Å². The number of carbonyl (C=O) groups is 2. The molecule has 1 aromatic rings. The molecule has 2 saturated carbocycles. The van der Waals surface area contributed by atoms with Crippen molar-refractivity contribution in [2.75, 3.05) is 19.6 Å². The second kappa shape index (κ2) is 7.61. The minimum Gasteiger partial charge on any atom is -0.356 e. The highest BCUT2D eigenvalue weighted by Gasteiger charge is 2.61. The van der Waals surface area contributed by atoms with Gasteiger partial charge in [0.25, 0.3) is 0 Å². The van der Waals surface area contributed by atoms with Gasteiger partial charge in [-0.05, 0) is 61.5 Å². The molecule has 3 aliphatic rings. The molecular formula is C22H29FN2O2. The van der Waals surface area contributed by atoms with E-state index in [9.17, 15) is 14.0 Å². The first-order valence-electron chi connectivity index (χ1n) is 10.4. The number of benzene rings is 1. The Morgan fingerprint density at radius 3 is 2.56 bits per heavy atom. The van der Waals surface area contributed by atoms with Crippen LogP contribution in [0.3, 0.4) is 0 Å². The van der Waals surface area contributed by atoms with E-state index in [0.29, 0.717) is 48.1 Å². The Kier molecular flexibility index (Phi) is 5.20. The molecule has 5 heteroatoms. The highest BCUT2D eigenvalue weighted by molar-refractivity contribution is 5.83. The highest BCUT2D eigenvalue weighted by atomic mass is 19.1. The topological polar surface area (TPSA) is 49.4 Å². The molecule has 1 aliphatic heterocycles. The molecule has 3 fully saturated rings. The van der Waals surface area contributed by atoms with Gasteiger partial charge in [-0.2, -0.15) is 0 Å². The Morgan fingerprint density at radius 1 is 1.19 bits per heavy atom. The SMILES string of the molecule is O=C(CC1CCN(C(=O)C2CC23CCC3)CC1)NCCc1ccccc1F. The zero-order valence-electron chi connectivity index (χ0n) is 15.9. The van der Waals surface area contributed by atoms with Crippen molar-refractivity contribution in [3.05, 3.63) is 35.6 Å². The lowest BCUT2D eigenvalue weighted by Crippen LogP contribution is -2.41. The largest absolute Gasteiger partial charge is 0.356 e. The predicted molar refractivity (Wildman–Crippen MR) is 101 cm³/mol. The average Bonchev–Trinajstić information content (AvgIpc) is 3.40. The van der Waals surface area contributed by atoms with Crippen molar-refractivity contribution < 1.29 is 14.0 Å². The smallest absolute Gasteiger partial charge is 0.226 e. The summed E-state index contributed by atoms with van der Waals surface area (Å²) in [6, 6.07) is 6.68. The number of amides is 2. The van der Waals surface area contributed by atoms with Gasteiger partial charge in [0, 0.05) is 32.0 Å². The van der Waals surface area contributed by atoms with E-state index in [1.165, 1.54) is 25.3 Å². The molecule has 0 radical (unpaired) electrons. The lowest BCUT2D eigenvalue weighted by atomic mass is 9.79. The standard InChI is InChI=1S/C22H29FN2O2/c23-19-5-2-1-4-17(19)6-11-24-20(26)14-16-7-12-25(13-8-16)21(27)18-15-22(18)9-3-10-22/h1-2,4-5,16,18H,3,6-15H2,(H,24,26). The normalized spacial score (nSPS) is 23.7. The number of nitrogens with zero attached hydrogens (tertiary/aromatic N) is 1. The van der Waals surface area contributed by atoms with Crippen LogP contribution in [0.25, 0.3) is 0 Å². The van der Waals surface area contributed by atoms with E-state index in [1.54, 1.807) is 12.1 Å². The molecule has 1 unspecified atom stereocenters. The second-order valence-corrected chi connectivity index (χ2v) is 8.64. The molecule has 0 bridgehead atoms. The number of halogens is 1. The summed E-state index contributed by atoms with van der Waals surface area (Å²) < 4.78 is 13.6. The Labute approximate surface area is 160 Å². The summed E-state index contributed by atoms with van der Waals surface area (Å²) in [5.74, 6) is 0.821. The maximum absolute atomic E-state index is 13.6. The van der Waals surface area contributed by atoms with E-state index in [4.69, 9.17) is 0 Å². The molecule has 1 N–H and O–H groups in total. The molecule has 1 aromatic carbocycles.